The number of benzene rings is 1. The lowest BCUT2D eigenvalue weighted by atomic mass is 10.1. The van der Waals surface area contributed by atoms with Crippen LogP contribution in [0.25, 0.3) is 5.69 Å². The average Bonchev–Trinajstić information content (AvgIpc) is 3.53. The standard InChI is InChI=1S/C25H24FN5O/c1-3-23(26)11-8-19(2)7-9-21-16-22(10-12-24(21)31-15-5-14-30-31)25(32)27-13-4-6-20-17-28-29-18-20/h3,5,8,10-12,14-18H,2,4,6,13H2,1H3,(H,27,32)(H,28,29)/b11-8-,23-3+. The van der Waals surface area contributed by atoms with E-state index in [-0.39, 0.29) is 11.7 Å². The first kappa shape index (κ1) is 22.5. The third-order valence-corrected chi connectivity index (χ3v) is 4.57. The highest BCUT2D eigenvalue weighted by atomic mass is 19.1. The molecule has 1 aromatic carbocycles. The summed E-state index contributed by atoms with van der Waals surface area (Å²) in [6.07, 6.45) is 12.9. The number of hydrogen-bond acceptors (Lipinski definition) is 3. The van der Waals surface area contributed by atoms with Gasteiger partial charge in [0, 0.05) is 36.3 Å². The maximum Gasteiger partial charge on any atom is 0.251 e. The van der Waals surface area contributed by atoms with Crippen LogP contribution in [0.3, 0.4) is 0 Å². The van der Waals surface area contributed by atoms with Crippen LogP contribution in [-0.4, -0.2) is 32.4 Å². The number of nitrogens with one attached hydrogen (secondary N) is 2. The number of allylic oxidation sites excluding steroid dienone is 5. The molecule has 0 spiro atoms. The molecular weight excluding hydrogens is 405 g/mol. The lowest BCUT2D eigenvalue weighted by Gasteiger charge is -2.09. The van der Waals surface area contributed by atoms with Gasteiger partial charge in [0.25, 0.3) is 5.91 Å². The summed E-state index contributed by atoms with van der Waals surface area (Å²) >= 11 is 0. The van der Waals surface area contributed by atoms with Crippen LogP contribution >= 0.6 is 0 Å². The van der Waals surface area contributed by atoms with Gasteiger partial charge >= 0.3 is 0 Å². The second kappa shape index (κ2) is 11.3. The van der Waals surface area contributed by atoms with E-state index in [1.54, 1.807) is 54.5 Å². The Balaban J connectivity index is 1.74. The molecule has 6 nitrogen and oxygen atoms in total. The van der Waals surface area contributed by atoms with Crippen LogP contribution in [0.2, 0.25) is 0 Å². The van der Waals surface area contributed by atoms with E-state index in [4.69, 9.17) is 0 Å². The Labute approximate surface area is 186 Å². The molecule has 0 saturated heterocycles. The molecule has 2 heterocycles. The van der Waals surface area contributed by atoms with Crippen molar-refractivity contribution in [3.05, 3.63) is 102 Å². The van der Waals surface area contributed by atoms with Gasteiger partial charge in [-0.15, -0.1) is 0 Å². The Morgan fingerprint density at radius 1 is 1.38 bits per heavy atom. The number of aryl methyl sites for hydroxylation is 1. The molecule has 0 aliphatic rings. The zero-order valence-corrected chi connectivity index (χ0v) is 17.8. The minimum atomic E-state index is -0.364. The molecule has 0 atom stereocenters. The Morgan fingerprint density at radius 3 is 2.97 bits per heavy atom. The van der Waals surface area contributed by atoms with Crippen molar-refractivity contribution >= 4 is 5.91 Å². The number of aromatic nitrogens is 4. The normalized spacial score (nSPS) is 11.2. The summed E-state index contributed by atoms with van der Waals surface area (Å²) in [4.78, 5) is 12.6. The first-order chi connectivity index (χ1) is 15.6. The highest BCUT2D eigenvalue weighted by Crippen LogP contribution is 2.16. The molecule has 0 saturated carbocycles. The summed E-state index contributed by atoms with van der Waals surface area (Å²) in [5.74, 6) is 5.39. The Kier molecular flexibility index (Phi) is 7.93. The summed E-state index contributed by atoms with van der Waals surface area (Å²) in [6, 6.07) is 7.07. The van der Waals surface area contributed by atoms with Crippen molar-refractivity contribution in [1.29, 1.82) is 0 Å². The molecule has 32 heavy (non-hydrogen) atoms. The van der Waals surface area contributed by atoms with Gasteiger partial charge in [0.05, 0.1) is 17.4 Å². The van der Waals surface area contributed by atoms with Gasteiger partial charge in [0.2, 0.25) is 0 Å². The van der Waals surface area contributed by atoms with Gasteiger partial charge in [-0.2, -0.15) is 10.2 Å². The van der Waals surface area contributed by atoms with E-state index in [0.29, 0.717) is 23.2 Å². The minimum Gasteiger partial charge on any atom is -0.352 e. The number of rotatable bonds is 8. The van der Waals surface area contributed by atoms with Gasteiger partial charge in [-0.3, -0.25) is 9.89 Å². The number of carbonyl (C=O) groups excluding carboxylic acids is 1. The second-order valence-corrected chi connectivity index (χ2v) is 6.93. The maximum atomic E-state index is 13.3. The van der Waals surface area contributed by atoms with E-state index >= 15 is 0 Å². The topological polar surface area (TPSA) is 75.6 Å². The first-order valence-corrected chi connectivity index (χ1v) is 10.2. The van der Waals surface area contributed by atoms with Crippen LogP contribution in [0, 0.1) is 11.8 Å². The van der Waals surface area contributed by atoms with Crippen LogP contribution in [-0.2, 0) is 6.42 Å². The van der Waals surface area contributed by atoms with Gasteiger partial charge in [0.15, 0.2) is 0 Å². The predicted molar refractivity (Wildman–Crippen MR) is 123 cm³/mol. The lowest BCUT2D eigenvalue weighted by Crippen LogP contribution is -2.25. The zero-order chi connectivity index (χ0) is 22.8. The van der Waals surface area contributed by atoms with Gasteiger partial charge in [-0.05, 0) is 61.7 Å². The van der Waals surface area contributed by atoms with Crippen LogP contribution in [0.4, 0.5) is 4.39 Å². The third-order valence-electron chi connectivity index (χ3n) is 4.57. The van der Waals surface area contributed by atoms with Gasteiger partial charge in [0.1, 0.15) is 5.83 Å². The third kappa shape index (κ3) is 6.41. The van der Waals surface area contributed by atoms with Crippen LogP contribution in [0.1, 0.15) is 34.8 Å². The number of aromatic amines is 1. The molecule has 3 rings (SSSR count). The second-order valence-electron chi connectivity index (χ2n) is 6.93. The Hall–Kier alpha value is -4.18. The van der Waals surface area contributed by atoms with Crippen molar-refractivity contribution in [2.45, 2.75) is 19.8 Å². The molecule has 0 bridgehead atoms. The van der Waals surface area contributed by atoms with Gasteiger partial charge in [-0.25, -0.2) is 9.07 Å². The van der Waals surface area contributed by atoms with Crippen molar-refractivity contribution in [1.82, 2.24) is 25.3 Å². The quantitative estimate of drug-likeness (QED) is 0.319. The van der Waals surface area contributed by atoms with E-state index in [2.05, 4.69) is 39.0 Å². The maximum absolute atomic E-state index is 13.3. The molecule has 0 unspecified atom stereocenters. The molecule has 2 aromatic heterocycles. The number of carbonyl (C=O) groups is 1. The summed E-state index contributed by atoms with van der Waals surface area (Å²) in [5.41, 5.74) is 3.39. The number of halogens is 1. The molecule has 0 aliphatic heterocycles. The Bertz CT molecular complexity index is 1180. The van der Waals surface area contributed by atoms with Crippen molar-refractivity contribution in [2.24, 2.45) is 0 Å². The molecule has 0 fully saturated rings. The highest BCUT2D eigenvalue weighted by molar-refractivity contribution is 5.95. The van der Waals surface area contributed by atoms with E-state index in [1.165, 1.54) is 18.2 Å². The van der Waals surface area contributed by atoms with Gasteiger partial charge in [-0.1, -0.05) is 24.5 Å². The first-order valence-electron chi connectivity index (χ1n) is 10.2. The smallest absolute Gasteiger partial charge is 0.251 e. The number of amides is 1. The molecule has 0 radical (unpaired) electrons. The minimum absolute atomic E-state index is 0.180. The van der Waals surface area contributed by atoms with Crippen LogP contribution in [0.5, 0.6) is 0 Å². The lowest BCUT2D eigenvalue weighted by molar-refractivity contribution is 0.0953. The highest BCUT2D eigenvalue weighted by Gasteiger charge is 2.10. The summed E-state index contributed by atoms with van der Waals surface area (Å²) in [7, 11) is 0. The van der Waals surface area contributed by atoms with E-state index in [0.717, 1.165) is 24.1 Å². The fraction of sp³-hybridized carbons (Fsp3) is 0.160. The zero-order valence-electron chi connectivity index (χ0n) is 17.8. The summed E-state index contributed by atoms with van der Waals surface area (Å²) < 4.78 is 15.0. The van der Waals surface area contributed by atoms with Crippen molar-refractivity contribution in [3.8, 4) is 17.5 Å². The Morgan fingerprint density at radius 2 is 2.25 bits per heavy atom. The fourth-order valence-corrected chi connectivity index (χ4v) is 2.87. The molecule has 162 valence electrons. The molecule has 0 aliphatic carbocycles. The molecule has 7 heteroatoms. The van der Waals surface area contributed by atoms with Crippen molar-refractivity contribution < 1.29 is 9.18 Å². The molecule has 1 amide bonds. The van der Waals surface area contributed by atoms with E-state index in [1.807, 2.05) is 6.20 Å². The molecular formula is C25H24FN5O. The van der Waals surface area contributed by atoms with Crippen LogP contribution < -0.4 is 5.32 Å². The van der Waals surface area contributed by atoms with Gasteiger partial charge < -0.3 is 5.32 Å². The SMILES string of the molecule is C=C(C#Cc1cc(C(=O)NCCCc2cn[nH]c2)ccc1-n1cccn1)/C=C\C(F)=C/C. The van der Waals surface area contributed by atoms with E-state index in [9.17, 15) is 9.18 Å². The van der Waals surface area contributed by atoms with E-state index < -0.39 is 0 Å². The molecule has 2 N–H and O–H groups in total. The van der Waals surface area contributed by atoms with Crippen LogP contribution in [0.15, 0.2) is 85.3 Å². The monoisotopic (exact) mass is 429 g/mol. The predicted octanol–water partition coefficient (Wildman–Crippen LogP) is 4.30. The number of hydrogen-bond donors (Lipinski definition) is 2. The number of H-pyrrole nitrogens is 1. The summed E-state index contributed by atoms with van der Waals surface area (Å²) in [6.45, 7) is 5.99. The average molecular weight is 429 g/mol. The van der Waals surface area contributed by atoms with Crippen molar-refractivity contribution in [3.63, 3.8) is 0 Å². The van der Waals surface area contributed by atoms with Crippen molar-refractivity contribution in [2.75, 3.05) is 6.54 Å². The largest absolute Gasteiger partial charge is 0.352 e. The molecule has 3 aromatic rings. The fourth-order valence-electron chi connectivity index (χ4n) is 2.87. The summed E-state index contributed by atoms with van der Waals surface area (Å²) in [5, 5.41) is 13.9. The number of nitrogens with zero attached hydrogens (tertiary/aromatic N) is 3.